The minimum atomic E-state index is -0.979. The van der Waals surface area contributed by atoms with Crippen LogP contribution in [-0.4, -0.2) is 87.0 Å². The van der Waals surface area contributed by atoms with Gasteiger partial charge in [0.1, 0.15) is 0 Å². The Hall–Kier alpha value is -17.2. The second-order valence-electron chi connectivity index (χ2n) is 32.0. The van der Waals surface area contributed by atoms with Gasteiger partial charge >= 0.3 is 0 Å². The maximum atomic E-state index is 14.4. The molecule has 0 aliphatic carbocycles. The minimum absolute atomic E-state index is 0. The Labute approximate surface area is 761 Å². The van der Waals surface area contributed by atoms with Crippen molar-refractivity contribution in [2.75, 3.05) is 21.3 Å². The molecule has 11 aromatic carbocycles. The third kappa shape index (κ3) is 19.1. The van der Waals surface area contributed by atoms with Crippen LogP contribution in [0.3, 0.4) is 0 Å². The van der Waals surface area contributed by atoms with Crippen LogP contribution < -0.4 is 21.3 Å². The fourth-order valence-electron chi connectivity index (χ4n) is 15.4. The molecule has 0 aliphatic rings. The van der Waals surface area contributed by atoms with Gasteiger partial charge in [-0.3, -0.25) is 41.8 Å². The maximum absolute atomic E-state index is 14.4. The van der Waals surface area contributed by atoms with Crippen molar-refractivity contribution in [3.8, 4) is 90.1 Å². The number of nitrogens with zero attached hydrogens (tertiary/aromatic N) is 13. The molecule has 0 spiro atoms. The average molecular weight is 1740 g/mol. The summed E-state index contributed by atoms with van der Waals surface area (Å²) in [5.74, 6) is -0.0598. The topological polar surface area (TPSA) is 250 Å². The number of fused-ring (bicyclic) bond motifs is 4. The number of aromatic nitrogens is 13. The second kappa shape index (κ2) is 38.9. The van der Waals surface area contributed by atoms with E-state index < -0.39 is 11.6 Å². The molecule has 23 heteroatoms. The highest BCUT2D eigenvalue weighted by molar-refractivity contribution is 6.09. The predicted octanol–water partition coefficient (Wildman–Crippen LogP) is 24.3. The number of rotatable bonds is 16. The van der Waals surface area contributed by atoms with E-state index in [1.54, 1.807) is 35.1 Å². The van der Waals surface area contributed by atoms with E-state index >= 15 is 0 Å². The summed E-state index contributed by atoms with van der Waals surface area (Å²) in [6.45, 7) is 17.8. The van der Waals surface area contributed by atoms with Crippen LogP contribution in [0.5, 0.6) is 0 Å². The Bertz CT molecular complexity index is 7460. The summed E-state index contributed by atoms with van der Waals surface area (Å²) in [7, 11) is 0. The highest BCUT2D eigenvalue weighted by Gasteiger charge is 2.24. The Morgan fingerprint density at radius 2 is 0.553 bits per heavy atom. The molecule has 0 atom stereocenters. The Balaban J connectivity index is 0.000000128. The molecule has 4 N–H and O–H groups in total. The molecule has 650 valence electrons. The van der Waals surface area contributed by atoms with Crippen LogP contribution in [0, 0.1) is 73.9 Å². The van der Waals surface area contributed by atoms with Gasteiger partial charge in [-0.25, -0.2) is 8.78 Å². The van der Waals surface area contributed by atoms with Crippen molar-refractivity contribution < 1.29 is 28.0 Å². The van der Waals surface area contributed by atoms with Gasteiger partial charge in [-0.15, -0.1) is 40.8 Å². The molecular formula is C109H91F2N17O4. The van der Waals surface area contributed by atoms with Gasteiger partial charge in [-0.05, 0) is 258 Å². The van der Waals surface area contributed by atoms with Crippen LogP contribution in [0.1, 0.15) is 98.9 Å². The van der Waals surface area contributed by atoms with Crippen LogP contribution in [0.15, 0.2) is 340 Å². The summed E-state index contributed by atoms with van der Waals surface area (Å²) in [5, 5.41) is 46.9. The highest BCUT2D eigenvalue weighted by atomic mass is 19.2. The fourth-order valence-corrected chi connectivity index (χ4v) is 15.4. The average Bonchev–Trinajstić information content (AvgIpc) is 1.61. The lowest BCUT2D eigenvalue weighted by Crippen LogP contribution is -2.13. The van der Waals surface area contributed by atoms with Gasteiger partial charge in [0.2, 0.25) is 0 Å². The Kier molecular flexibility index (Phi) is 26.0. The fraction of sp³-hybridized carbons (Fsp3) is 0.0917. The van der Waals surface area contributed by atoms with E-state index in [2.05, 4.69) is 86.1 Å². The Morgan fingerprint density at radius 1 is 0.258 bits per heavy atom. The summed E-state index contributed by atoms with van der Waals surface area (Å²) >= 11 is 0. The molecule has 20 rings (SSSR count). The molecule has 0 unspecified atom stereocenters. The van der Waals surface area contributed by atoms with Gasteiger partial charge in [0.05, 0.1) is 5.56 Å². The lowest BCUT2D eigenvalue weighted by atomic mass is 9.99. The van der Waals surface area contributed by atoms with Crippen LogP contribution in [-0.2, 0) is 0 Å². The number of benzene rings is 11. The van der Waals surface area contributed by atoms with E-state index in [4.69, 9.17) is 0 Å². The number of anilines is 4. The molecule has 0 saturated carbocycles. The van der Waals surface area contributed by atoms with Gasteiger partial charge in [0.25, 0.3) is 23.6 Å². The van der Waals surface area contributed by atoms with Gasteiger partial charge in [0, 0.05) is 121 Å². The number of carbonyl (C=O) groups excluding carboxylic acids is 4. The smallest absolute Gasteiger partial charge is 0.255 e. The van der Waals surface area contributed by atoms with Crippen LogP contribution in [0.25, 0.3) is 113 Å². The van der Waals surface area contributed by atoms with Gasteiger partial charge in [0.15, 0.2) is 57.5 Å². The standard InChI is InChI=1S/C28H24N4O.C27H20F2N4O.C27H22N4O.C26H21N5O.CH4/c1-18-10-14-22(15-11-18)29-28(33)25-17-21(13-12-20(25)3)24-9-6-16-32-26(30-31-27(24)32)23-8-5-4-7-19(23)2;1-16-8-12-19(13-9-16)30-27(34)22-15-18(11-10-17(22)2)20-6-4-14-33-25(20)31-32-26(33)21-5-3-7-23(28)24(21)29;1-18-10-14-22(15-11-18)28-27(32)24-17-21(13-12-19(24)2)23-9-6-16-31-25(29-30-26(23)31)20-7-4-3-5-8-20;1-17-7-11-21(12-8-17)28-26(32)23-15-19(10-9-18(23)2)22-6-4-14-31-24(29-30-25(22)31)20-5-3-13-27-16-20;/h4-17H,1-3H3,(H,29,33);3-15H,1-2H3,(H,30,34);3-17H,1-2H3,(H,28,32);3-16H,1-2H3,(H,28,32);1H4. The molecular weight excluding hydrogens is 1650 g/mol. The van der Waals surface area contributed by atoms with Crippen molar-refractivity contribution in [3.05, 3.63) is 424 Å². The number of halogens is 2. The van der Waals surface area contributed by atoms with Crippen molar-refractivity contribution in [2.45, 2.75) is 69.7 Å². The van der Waals surface area contributed by atoms with Crippen molar-refractivity contribution in [1.29, 1.82) is 0 Å². The molecule has 9 aromatic heterocycles. The van der Waals surface area contributed by atoms with E-state index in [1.807, 2.05) is 348 Å². The summed E-state index contributed by atoms with van der Waals surface area (Å²) in [4.78, 5) is 56.3. The zero-order valence-electron chi connectivity index (χ0n) is 73.0. The number of hydrogen-bond donors (Lipinski definition) is 4. The highest BCUT2D eigenvalue weighted by Crippen LogP contribution is 2.36. The number of hydrogen-bond acceptors (Lipinski definition) is 13. The molecule has 9 heterocycles. The first kappa shape index (κ1) is 88.2. The normalized spacial score (nSPS) is 10.9. The molecule has 0 aliphatic heterocycles. The van der Waals surface area contributed by atoms with E-state index in [1.165, 1.54) is 12.1 Å². The van der Waals surface area contributed by atoms with E-state index in [9.17, 15) is 28.0 Å². The number of aryl methyl sites for hydroxylation is 9. The molecule has 0 saturated heterocycles. The third-order valence-corrected chi connectivity index (χ3v) is 22.7. The molecule has 132 heavy (non-hydrogen) atoms. The predicted molar refractivity (Wildman–Crippen MR) is 520 cm³/mol. The summed E-state index contributed by atoms with van der Waals surface area (Å²) in [6.07, 6.45) is 11.1. The summed E-state index contributed by atoms with van der Waals surface area (Å²) in [6, 6.07) is 95.6. The van der Waals surface area contributed by atoms with Crippen molar-refractivity contribution in [2.24, 2.45) is 0 Å². The van der Waals surface area contributed by atoms with E-state index in [0.717, 1.165) is 163 Å². The van der Waals surface area contributed by atoms with Crippen molar-refractivity contribution in [3.63, 3.8) is 0 Å². The van der Waals surface area contributed by atoms with Crippen molar-refractivity contribution in [1.82, 2.24) is 63.4 Å². The lowest BCUT2D eigenvalue weighted by molar-refractivity contribution is 0.101. The van der Waals surface area contributed by atoms with Crippen LogP contribution in [0.4, 0.5) is 31.5 Å². The first-order valence-corrected chi connectivity index (χ1v) is 42.4. The first-order chi connectivity index (χ1) is 63.6. The summed E-state index contributed by atoms with van der Waals surface area (Å²) < 4.78 is 35.7. The molecule has 0 bridgehead atoms. The monoisotopic (exact) mass is 1740 g/mol. The second-order valence-corrected chi connectivity index (χ2v) is 32.0. The molecule has 4 amide bonds. The van der Waals surface area contributed by atoms with Gasteiger partial charge in [-0.2, -0.15) is 0 Å². The maximum Gasteiger partial charge on any atom is 0.255 e. The third-order valence-electron chi connectivity index (χ3n) is 22.7. The van der Waals surface area contributed by atoms with Crippen LogP contribution in [0.2, 0.25) is 0 Å². The molecule has 21 nitrogen and oxygen atoms in total. The molecule has 0 fully saturated rings. The number of nitrogens with one attached hydrogen (secondary N) is 4. The minimum Gasteiger partial charge on any atom is -0.322 e. The van der Waals surface area contributed by atoms with Gasteiger partial charge in [-0.1, -0.05) is 187 Å². The lowest BCUT2D eigenvalue weighted by Gasteiger charge is -2.11. The molecule has 20 aromatic rings. The largest absolute Gasteiger partial charge is 0.322 e. The summed E-state index contributed by atoms with van der Waals surface area (Å²) in [5.41, 5.74) is 27.3. The number of carbonyl (C=O) groups is 4. The number of amides is 4. The van der Waals surface area contributed by atoms with Gasteiger partial charge < -0.3 is 21.3 Å². The first-order valence-electron chi connectivity index (χ1n) is 42.4. The zero-order valence-corrected chi connectivity index (χ0v) is 73.0. The SMILES string of the molecule is C.Cc1ccc(NC(=O)c2cc(-c3cccn4c(-c5cccc(F)c5F)nnc34)ccc2C)cc1.Cc1ccc(NC(=O)c2cc(-c3cccn4c(-c5ccccc5)nnc34)ccc2C)cc1.Cc1ccc(NC(=O)c2cc(-c3cccn4c(-c5ccccc5C)nnc34)ccc2C)cc1.Cc1ccc(NC(=O)c2cc(-c3cccn4c(-c5cccnc5)nnc34)ccc2C)cc1. The zero-order chi connectivity index (χ0) is 90.9. The Morgan fingerprint density at radius 3 is 0.894 bits per heavy atom. The van der Waals surface area contributed by atoms with Crippen LogP contribution >= 0.6 is 0 Å². The number of pyridine rings is 5. The molecule has 0 radical (unpaired) electrons. The van der Waals surface area contributed by atoms with Crippen molar-refractivity contribution >= 4 is 69.0 Å². The van der Waals surface area contributed by atoms with E-state index in [-0.39, 0.29) is 42.4 Å². The van der Waals surface area contributed by atoms with E-state index in [0.29, 0.717) is 39.2 Å². The quantitative estimate of drug-likeness (QED) is 0.0703.